The molecule has 0 fully saturated rings. The van der Waals surface area contributed by atoms with E-state index in [0.29, 0.717) is 0 Å². The van der Waals surface area contributed by atoms with Gasteiger partial charge in [0.15, 0.2) is 0 Å². The maximum absolute atomic E-state index is 5.53. The summed E-state index contributed by atoms with van der Waals surface area (Å²) in [7, 11) is 0. The molecule has 1 aromatic carbocycles. The highest BCUT2D eigenvalue weighted by molar-refractivity contribution is 5.20. The fourth-order valence-electron chi connectivity index (χ4n) is 1.25. The van der Waals surface area contributed by atoms with Crippen molar-refractivity contribution in [2.75, 3.05) is 19.7 Å². The number of hydrogen-bond donors (Lipinski definition) is 1. The summed E-state index contributed by atoms with van der Waals surface area (Å²) >= 11 is 0. The van der Waals surface area contributed by atoms with Crippen molar-refractivity contribution in [2.24, 2.45) is 0 Å². The summed E-state index contributed by atoms with van der Waals surface area (Å²) in [6.07, 6.45) is 4.17. The number of benzene rings is 1. The van der Waals surface area contributed by atoms with E-state index < -0.39 is 0 Å². The maximum Gasteiger partial charge on any atom is 0.119 e. The van der Waals surface area contributed by atoms with Gasteiger partial charge in [-0.2, -0.15) is 0 Å². The topological polar surface area (TPSA) is 21.3 Å². The average Bonchev–Trinajstić information content (AvgIpc) is 2.29. The summed E-state index contributed by atoms with van der Waals surface area (Å²) in [4.78, 5) is 0. The zero-order valence-corrected chi connectivity index (χ0v) is 9.11. The second-order valence-electron chi connectivity index (χ2n) is 3.34. The molecule has 0 saturated heterocycles. The molecule has 0 aliphatic carbocycles. The van der Waals surface area contributed by atoms with Crippen LogP contribution in [0.15, 0.2) is 43.0 Å². The molecule has 0 aliphatic rings. The zero-order chi connectivity index (χ0) is 10.8. The van der Waals surface area contributed by atoms with Crippen LogP contribution in [0.25, 0.3) is 0 Å². The van der Waals surface area contributed by atoms with Gasteiger partial charge in [0.1, 0.15) is 12.4 Å². The van der Waals surface area contributed by atoms with Crippen LogP contribution in [0, 0.1) is 0 Å². The standard InChI is InChI=1S/C13H19NO/c1-2-3-7-10-14-11-12-15-13-8-5-4-6-9-13/h2,4-6,8-9,14H,1,3,7,10-12H2. The Kier molecular flexibility index (Phi) is 6.34. The highest BCUT2D eigenvalue weighted by Gasteiger charge is 1.90. The third kappa shape index (κ3) is 5.92. The molecular formula is C13H19NO. The molecule has 0 saturated carbocycles. The highest BCUT2D eigenvalue weighted by atomic mass is 16.5. The number of hydrogen-bond acceptors (Lipinski definition) is 2. The molecule has 0 heterocycles. The Bertz CT molecular complexity index is 258. The van der Waals surface area contributed by atoms with Crippen LogP contribution in [0.5, 0.6) is 5.75 Å². The molecule has 0 amide bonds. The second-order valence-corrected chi connectivity index (χ2v) is 3.34. The molecule has 0 bridgehead atoms. The number of unbranched alkanes of at least 4 members (excludes halogenated alkanes) is 1. The van der Waals surface area contributed by atoms with Crippen LogP contribution in [-0.4, -0.2) is 19.7 Å². The van der Waals surface area contributed by atoms with E-state index in [1.165, 1.54) is 0 Å². The van der Waals surface area contributed by atoms with Crippen molar-refractivity contribution in [3.8, 4) is 5.75 Å². The monoisotopic (exact) mass is 205 g/mol. The lowest BCUT2D eigenvalue weighted by Gasteiger charge is -2.06. The molecule has 0 spiro atoms. The fourth-order valence-corrected chi connectivity index (χ4v) is 1.25. The van der Waals surface area contributed by atoms with Crippen molar-refractivity contribution < 1.29 is 4.74 Å². The lowest BCUT2D eigenvalue weighted by atomic mass is 10.3. The third-order valence-electron chi connectivity index (χ3n) is 2.05. The molecule has 1 aromatic rings. The third-order valence-corrected chi connectivity index (χ3v) is 2.05. The quantitative estimate of drug-likeness (QED) is 0.520. The van der Waals surface area contributed by atoms with Gasteiger partial charge in [-0.25, -0.2) is 0 Å². The van der Waals surface area contributed by atoms with Gasteiger partial charge in [-0.05, 0) is 31.5 Å². The van der Waals surface area contributed by atoms with Crippen LogP contribution in [-0.2, 0) is 0 Å². The lowest BCUT2D eigenvalue weighted by Crippen LogP contribution is -2.21. The van der Waals surface area contributed by atoms with E-state index in [1.54, 1.807) is 0 Å². The number of para-hydroxylation sites is 1. The van der Waals surface area contributed by atoms with Gasteiger partial charge in [-0.1, -0.05) is 24.3 Å². The summed E-state index contributed by atoms with van der Waals surface area (Å²) in [6.45, 7) is 6.33. The van der Waals surface area contributed by atoms with Gasteiger partial charge in [0.05, 0.1) is 0 Å². The van der Waals surface area contributed by atoms with E-state index in [0.717, 1.165) is 38.3 Å². The first-order valence-corrected chi connectivity index (χ1v) is 5.43. The van der Waals surface area contributed by atoms with Crippen molar-refractivity contribution in [1.29, 1.82) is 0 Å². The molecule has 1 rings (SSSR count). The van der Waals surface area contributed by atoms with Gasteiger partial charge in [0.25, 0.3) is 0 Å². The van der Waals surface area contributed by atoms with Gasteiger partial charge in [0, 0.05) is 6.54 Å². The average molecular weight is 205 g/mol. The Morgan fingerprint density at radius 3 is 2.73 bits per heavy atom. The summed E-state index contributed by atoms with van der Waals surface area (Å²) in [5, 5.41) is 3.32. The van der Waals surface area contributed by atoms with Crippen molar-refractivity contribution in [1.82, 2.24) is 5.32 Å². The van der Waals surface area contributed by atoms with E-state index in [1.807, 2.05) is 36.4 Å². The molecule has 2 nitrogen and oxygen atoms in total. The molecule has 0 unspecified atom stereocenters. The zero-order valence-electron chi connectivity index (χ0n) is 9.11. The van der Waals surface area contributed by atoms with Gasteiger partial charge < -0.3 is 10.1 Å². The minimum atomic E-state index is 0.720. The molecule has 1 N–H and O–H groups in total. The van der Waals surface area contributed by atoms with E-state index in [4.69, 9.17) is 4.74 Å². The van der Waals surface area contributed by atoms with Crippen molar-refractivity contribution in [2.45, 2.75) is 12.8 Å². The number of ether oxygens (including phenoxy) is 1. The highest BCUT2D eigenvalue weighted by Crippen LogP contribution is 2.07. The van der Waals surface area contributed by atoms with Crippen LogP contribution < -0.4 is 10.1 Å². The van der Waals surface area contributed by atoms with Crippen LogP contribution in [0.1, 0.15) is 12.8 Å². The van der Waals surface area contributed by atoms with E-state index in [2.05, 4.69) is 11.9 Å². The van der Waals surface area contributed by atoms with E-state index in [9.17, 15) is 0 Å². The Labute approximate surface area is 92.0 Å². The molecule has 15 heavy (non-hydrogen) atoms. The van der Waals surface area contributed by atoms with Crippen LogP contribution in [0.3, 0.4) is 0 Å². The van der Waals surface area contributed by atoms with Gasteiger partial charge in [-0.15, -0.1) is 6.58 Å². The van der Waals surface area contributed by atoms with Crippen molar-refractivity contribution in [3.63, 3.8) is 0 Å². The Morgan fingerprint density at radius 2 is 2.00 bits per heavy atom. The second kappa shape index (κ2) is 8.06. The molecule has 0 aromatic heterocycles. The summed E-state index contributed by atoms with van der Waals surface area (Å²) < 4.78 is 5.53. The molecule has 0 aliphatic heterocycles. The molecule has 0 radical (unpaired) electrons. The smallest absolute Gasteiger partial charge is 0.119 e. The first-order valence-electron chi connectivity index (χ1n) is 5.43. The first-order chi connectivity index (χ1) is 7.43. The fraction of sp³-hybridized carbons (Fsp3) is 0.385. The SMILES string of the molecule is C=CCCCNCCOc1ccccc1. The number of allylic oxidation sites excluding steroid dienone is 1. The largest absolute Gasteiger partial charge is 0.492 e. The van der Waals surface area contributed by atoms with Gasteiger partial charge >= 0.3 is 0 Å². The minimum absolute atomic E-state index is 0.720. The maximum atomic E-state index is 5.53. The van der Waals surface area contributed by atoms with Crippen LogP contribution in [0.2, 0.25) is 0 Å². The number of nitrogens with one attached hydrogen (secondary N) is 1. The van der Waals surface area contributed by atoms with Crippen molar-refractivity contribution in [3.05, 3.63) is 43.0 Å². The normalized spacial score (nSPS) is 9.87. The lowest BCUT2D eigenvalue weighted by molar-refractivity contribution is 0.314. The Morgan fingerprint density at radius 1 is 1.20 bits per heavy atom. The Hall–Kier alpha value is -1.28. The molecule has 0 atom stereocenters. The molecule has 2 heteroatoms. The van der Waals surface area contributed by atoms with Crippen LogP contribution in [0.4, 0.5) is 0 Å². The summed E-state index contributed by atoms with van der Waals surface area (Å²) in [5.74, 6) is 0.936. The number of rotatable bonds is 8. The van der Waals surface area contributed by atoms with Crippen molar-refractivity contribution >= 4 is 0 Å². The van der Waals surface area contributed by atoms with Crippen LogP contribution >= 0.6 is 0 Å². The molecular weight excluding hydrogens is 186 g/mol. The molecule has 82 valence electrons. The van der Waals surface area contributed by atoms with E-state index >= 15 is 0 Å². The van der Waals surface area contributed by atoms with E-state index in [-0.39, 0.29) is 0 Å². The summed E-state index contributed by atoms with van der Waals surface area (Å²) in [5.41, 5.74) is 0. The predicted octanol–water partition coefficient (Wildman–Crippen LogP) is 2.62. The van der Waals surface area contributed by atoms with Gasteiger partial charge in [-0.3, -0.25) is 0 Å². The summed E-state index contributed by atoms with van der Waals surface area (Å²) in [6, 6.07) is 9.88. The van der Waals surface area contributed by atoms with Gasteiger partial charge in [0.2, 0.25) is 0 Å². The predicted molar refractivity (Wildman–Crippen MR) is 64.2 cm³/mol. The first kappa shape index (κ1) is 11.8. The Balaban J connectivity index is 1.95. The minimum Gasteiger partial charge on any atom is -0.492 e.